The van der Waals surface area contributed by atoms with Crippen molar-refractivity contribution < 1.29 is 4.79 Å². The van der Waals surface area contributed by atoms with Gasteiger partial charge in [-0.15, -0.1) is 5.10 Å². The van der Waals surface area contributed by atoms with Crippen LogP contribution in [0.4, 0.5) is 11.9 Å². The first-order chi connectivity index (χ1) is 13.5. The van der Waals surface area contributed by atoms with E-state index in [-0.39, 0.29) is 5.91 Å². The fraction of sp³-hybridized carbons (Fsp3) is 0.250. The molecule has 0 aliphatic rings. The lowest BCUT2D eigenvalue weighted by molar-refractivity contribution is 0.0888. The van der Waals surface area contributed by atoms with Crippen molar-refractivity contribution in [3.05, 3.63) is 69.7 Å². The Labute approximate surface area is 173 Å². The largest absolute Gasteiger partial charge is 0.350 e. The summed E-state index contributed by atoms with van der Waals surface area (Å²) in [7, 11) is 0. The van der Waals surface area contributed by atoms with Crippen molar-refractivity contribution in [2.24, 2.45) is 0 Å². The van der Waals surface area contributed by atoms with Gasteiger partial charge in [0.2, 0.25) is 17.8 Å². The summed E-state index contributed by atoms with van der Waals surface area (Å²) in [4.78, 5) is 16.8. The Hall–Kier alpha value is -2.57. The SMILES string of the molecule is CCCC(=O)n1nc(NCc2cccc(Cl)c2)nc1NCc1cccc(Cl)c1. The summed E-state index contributed by atoms with van der Waals surface area (Å²) < 4.78 is 1.31. The number of rotatable bonds is 8. The summed E-state index contributed by atoms with van der Waals surface area (Å²) in [5, 5.41) is 12.0. The van der Waals surface area contributed by atoms with Crippen molar-refractivity contribution in [2.75, 3.05) is 10.6 Å². The number of nitrogens with zero attached hydrogens (tertiary/aromatic N) is 3. The minimum atomic E-state index is -0.112. The first kappa shape index (κ1) is 20.2. The van der Waals surface area contributed by atoms with E-state index < -0.39 is 0 Å². The van der Waals surface area contributed by atoms with Gasteiger partial charge in [-0.2, -0.15) is 9.67 Å². The van der Waals surface area contributed by atoms with E-state index in [4.69, 9.17) is 23.2 Å². The topological polar surface area (TPSA) is 71.8 Å². The lowest BCUT2D eigenvalue weighted by Crippen LogP contribution is -2.16. The number of anilines is 2. The van der Waals surface area contributed by atoms with Crippen LogP contribution in [0.3, 0.4) is 0 Å². The molecule has 0 fully saturated rings. The van der Waals surface area contributed by atoms with Crippen LogP contribution in [0.1, 0.15) is 35.7 Å². The Bertz CT molecular complexity index is 957. The summed E-state index contributed by atoms with van der Waals surface area (Å²) in [6.07, 6.45) is 1.13. The van der Waals surface area contributed by atoms with E-state index in [1.54, 1.807) is 0 Å². The molecule has 0 unspecified atom stereocenters. The highest BCUT2D eigenvalue weighted by Crippen LogP contribution is 2.16. The molecule has 0 aliphatic carbocycles. The molecule has 2 N–H and O–H groups in total. The number of hydrogen-bond donors (Lipinski definition) is 2. The molecule has 1 heterocycles. The van der Waals surface area contributed by atoms with Crippen LogP contribution in [0.25, 0.3) is 0 Å². The van der Waals surface area contributed by atoms with E-state index in [2.05, 4.69) is 20.7 Å². The lowest BCUT2D eigenvalue weighted by Gasteiger charge is -2.07. The van der Waals surface area contributed by atoms with Crippen LogP contribution >= 0.6 is 23.2 Å². The van der Waals surface area contributed by atoms with E-state index in [1.807, 2.05) is 55.5 Å². The van der Waals surface area contributed by atoms with Crippen molar-refractivity contribution in [1.82, 2.24) is 14.8 Å². The zero-order chi connectivity index (χ0) is 19.9. The van der Waals surface area contributed by atoms with E-state index in [0.29, 0.717) is 41.5 Å². The molecule has 0 saturated heterocycles. The van der Waals surface area contributed by atoms with Gasteiger partial charge in [-0.3, -0.25) is 4.79 Å². The van der Waals surface area contributed by atoms with Crippen molar-refractivity contribution in [3.8, 4) is 0 Å². The summed E-state index contributed by atoms with van der Waals surface area (Å²) in [6.45, 7) is 2.93. The van der Waals surface area contributed by atoms with Gasteiger partial charge in [0.1, 0.15) is 0 Å². The van der Waals surface area contributed by atoms with Crippen LogP contribution in [0, 0.1) is 0 Å². The third kappa shape index (κ3) is 5.47. The van der Waals surface area contributed by atoms with Crippen molar-refractivity contribution in [1.29, 1.82) is 0 Å². The van der Waals surface area contributed by atoms with Crippen LogP contribution in [0.15, 0.2) is 48.5 Å². The van der Waals surface area contributed by atoms with Crippen LogP contribution in [0.5, 0.6) is 0 Å². The fourth-order valence-corrected chi connectivity index (χ4v) is 3.08. The summed E-state index contributed by atoms with van der Waals surface area (Å²) >= 11 is 12.0. The third-order valence-corrected chi connectivity index (χ3v) is 4.46. The number of carbonyl (C=O) groups is 1. The molecule has 1 aromatic heterocycles. The maximum absolute atomic E-state index is 12.4. The Balaban J connectivity index is 1.74. The molecule has 28 heavy (non-hydrogen) atoms. The first-order valence-corrected chi connectivity index (χ1v) is 9.77. The molecule has 0 radical (unpaired) electrons. The monoisotopic (exact) mass is 417 g/mol. The standard InChI is InChI=1S/C20H21Cl2N5O/c1-2-5-18(28)27-20(24-13-15-7-4-9-17(22)11-15)25-19(26-27)23-12-14-6-3-8-16(21)10-14/h3-4,6-11H,2,5,12-13H2,1H3,(H2,23,24,25,26). The average Bonchev–Trinajstić information content (AvgIpc) is 3.08. The van der Waals surface area contributed by atoms with E-state index in [0.717, 1.165) is 17.5 Å². The van der Waals surface area contributed by atoms with Gasteiger partial charge >= 0.3 is 0 Å². The Morgan fingerprint density at radius 1 is 1.00 bits per heavy atom. The highest BCUT2D eigenvalue weighted by molar-refractivity contribution is 6.30. The maximum atomic E-state index is 12.4. The second kappa shape index (κ2) is 9.57. The Kier molecular flexibility index (Phi) is 6.90. The molecule has 0 spiro atoms. The molecule has 0 aliphatic heterocycles. The highest BCUT2D eigenvalue weighted by Gasteiger charge is 2.15. The van der Waals surface area contributed by atoms with E-state index in [1.165, 1.54) is 4.68 Å². The minimum Gasteiger partial charge on any atom is -0.350 e. The van der Waals surface area contributed by atoms with Crippen molar-refractivity contribution >= 4 is 41.0 Å². The van der Waals surface area contributed by atoms with Gasteiger partial charge in [-0.1, -0.05) is 54.4 Å². The van der Waals surface area contributed by atoms with Gasteiger partial charge in [0.25, 0.3) is 0 Å². The van der Waals surface area contributed by atoms with Crippen LogP contribution < -0.4 is 10.6 Å². The first-order valence-electron chi connectivity index (χ1n) is 9.02. The fourth-order valence-electron chi connectivity index (χ4n) is 2.65. The summed E-state index contributed by atoms with van der Waals surface area (Å²) in [5.74, 6) is 0.657. The molecule has 2 aromatic carbocycles. The van der Waals surface area contributed by atoms with Crippen molar-refractivity contribution in [3.63, 3.8) is 0 Å². The third-order valence-electron chi connectivity index (χ3n) is 3.99. The second-order valence-corrected chi connectivity index (χ2v) is 7.15. The number of carbonyl (C=O) groups excluding carboxylic acids is 1. The van der Waals surface area contributed by atoms with E-state index >= 15 is 0 Å². The number of halogens is 2. The molecule has 3 rings (SSSR count). The molecule has 0 amide bonds. The molecular weight excluding hydrogens is 397 g/mol. The average molecular weight is 418 g/mol. The molecule has 0 atom stereocenters. The molecule has 6 nitrogen and oxygen atoms in total. The summed E-state index contributed by atoms with van der Waals surface area (Å²) in [6, 6.07) is 15.0. The predicted molar refractivity (Wildman–Crippen MR) is 113 cm³/mol. The number of hydrogen-bond acceptors (Lipinski definition) is 5. The smallest absolute Gasteiger partial charge is 0.250 e. The maximum Gasteiger partial charge on any atom is 0.250 e. The Morgan fingerprint density at radius 2 is 1.61 bits per heavy atom. The van der Waals surface area contributed by atoms with Crippen LogP contribution in [-0.2, 0) is 13.1 Å². The molecule has 8 heteroatoms. The van der Waals surface area contributed by atoms with Gasteiger partial charge < -0.3 is 10.6 Å². The summed E-state index contributed by atoms with van der Waals surface area (Å²) in [5.41, 5.74) is 1.98. The molecular formula is C20H21Cl2N5O. The van der Waals surface area contributed by atoms with Crippen LogP contribution in [0.2, 0.25) is 10.0 Å². The van der Waals surface area contributed by atoms with Gasteiger partial charge in [-0.25, -0.2) is 0 Å². The zero-order valence-corrected chi connectivity index (χ0v) is 17.0. The van der Waals surface area contributed by atoms with Gasteiger partial charge in [0.15, 0.2) is 0 Å². The predicted octanol–water partition coefficient (Wildman–Crippen LogP) is 5.25. The molecule has 0 saturated carbocycles. The van der Waals surface area contributed by atoms with Gasteiger partial charge in [0, 0.05) is 29.6 Å². The number of aromatic nitrogens is 3. The lowest BCUT2D eigenvalue weighted by atomic mass is 10.2. The second-order valence-electron chi connectivity index (χ2n) is 6.28. The normalized spacial score (nSPS) is 10.7. The molecule has 146 valence electrons. The zero-order valence-electron chi connectivity index (χ0n) is 15.5. The molecule has 3 aromatic rings. The number of nitrogens with one attached hydrogen (secondary N) is 2. The Morgan fingerprint density at radius 3 is 2.18 bits per heavy atom. The van der Waals surface area contributed by atoms with Gasteiger partial charge in [0.05, 0.1) is 0 Å². The number of benzene rings is 2. The quantitative estimate of drug-likeness (QED) is 0.523. The van der Waals surface area contributed by atoms with Crippen LogP contribution in [-0.4, -0.2) is 20.7 Å². The molecule has 0 bridgehead atoms. The van der Waals surface area contributed by atoms with E-state index in [9.17, 15) is 4.79 Å². The van der Waals surface area contributed by atoms with Gasteiger partial charge in [-0.05, 0) is 41.8 Å². The van der Waals surface area contributed by atoms with Crippen molar-refractivity contribution in [2.45, 2.75) is 32.9 Å². The minimum absolute atomic E-state index is 0.112. The highest BCUT2D eigenvalue weighted by atomic mass is 35.5.